The van der Waals surface area contributed by atoms with Crippen LogP contribution >= 0.6 is 45.3 Å². The molecule has 0 spiro atoms. The van der Waals surface area contributed by atoms with Gasteiger partial charge in [0.15, 0.2) is 0 Å². The lowest BCUT2D eigenvalue weighted by molar-refractivity contribution is 1.66. The van der Waals surface area contributed by atoms with E-state index in [0.717, 1.165) is 0 Å². The van der Waals surface area contributed by atoms with Crippen LogP contribution in [-0.2, 0) is 0 Å². The molecule has 2 heterocycles. The standard InChI is InChI=1S/C22H12S4/c1-2-6-13(7-3-1)12-17-23-21-22(24-17)26-20-16-11-5-9-14-8-4-10-15(18(14)16)19(20)25-21/h1-12H. The second kappa shape index (κ2) is 5.76. The highest BCUT2D eigenvalue weighted by atomic mass is 32.2. The van der Waals surface area contributed by atoms with Gasteiger partial charge in [0.05, 0.1) is 12.9 Å². The Kier molecular flexibility index (Phi) is 3.35. The Bertz CT molecular complexity index is 1480. The highest BCUT2D eigenvalue weighted by Crippen LogP contribution is 2.35. The van der Waals surface area contributed by atoms with E-state index in [1.54, 1.807) is 0 Å². The first-order chi connectivity index (χ1) is 12.9. The number of benzene rings is 3. The molecule has 0 saturated heterocycles. The number of rotatable bonds is 1. The molecule has 4 heteroatoms. The van der Waals surface area contributed by atoms with Gasteiger partial charge in [0.1, 0.15) is 7.69 Å². The van der Waals surface area contributed by atoms with Gasteiger partial charge in [0, 0.05) is 10.8 Å². The van der Waals surface area contributed by atoms with Crippen LogP contribution in [0.25, 0.3) is 27.6 Å². The maximum Gasteiger partial charge on any atom is 0.109 e. The van der Waals surface area contributed by atoms with Crippen LogP contribution in [0.2, 0.25) is 0 Å². The Morgan fingerprint density at radius 1 is 0.577 bits per heavy atom. The summed E-state index contributed by atoms with van der Waals surface area (Å²) in [5.74, 6) is 0. The molecule has 0 bridgehead atoms. The molecule has 6 rings (SSSR count). The third-order valence-electron chi connectivity index (χ3n) is 4.63. The molecule has 26 heavy (non-hydrogen) atoms. The summed E-state index contributed by atoms with van der Waals surface area (Å²) >= 11 is 7.75. The Balaban J connectivity index is 1.71. The second-order valence-electron chi connectivity index (χ2n) is 6.22. The summed E-state index contributed by atoms with van der Waals surface area (Å²) < 4.78 is 7.12. The van der Waals surface area contributed by atoms with Crippen LogP contribution in [0.1, 0.15) is 5.56 Å². The van der Waals surface area contributed by atoms with E-state index in [4.69, 9.17) is 0 Å². The molecule has 3 aromatic rings. The first-order valence-electron chi connectivity index (χ1n) is 8.36. The lowest BCUT2D eigenvalue weighted by atomic mass is 10.1. The topological polar surface area (TPSA) is 0 Å². The lowest BCUT2D eigenvalue weighted by Gasteiger charge is -1.96. The largest absolute Gasteiger partial charge is 0.121 e. The molecule has 0 radical (unpaired) electrons. The van der Waals surface area contributed by atoms with E-state index in [1.807, 2.05) is 45.3 Å². The van der Waals surface area contributed by atoms with Crippen LogP contribution < -0.4 is 3.85 Å². The molecule has 0 nitrogen and oxygen atoms in total. The fraction of sp³-hybridized carbons (Fsp3) is 0. The van der Waals surface area contributed by atoms with E-state index in [1.165, 1.54) is 47.7 Å². The first kappa shape index (κ1) is 15.1. The minimum atomic E-state index is 1.27. The summed E-state index contributed by atoms with van der Waals surface area (Å²) in [7, 11) is 0. The van der Waals surface area contributed by atoms with Crippen molar-refractivity contribution in [2.75, 3.05) is 0 Å². The molecule has 0 unspecified atom stereocenters. The Labute approximate surface area is 165 Å². The minimum absolute atomic E-state index is 1.27. The van der Waals surface area contributed by atoms with Gasteiger partial charge in [-0.2, -0.15) is 0 Å². The van der Waals surface area contributed by atoms with Crippen LogP contribution in [0.15, 0.2) is 66.7 Å². The van der Waals surface area contributed by atoms with Crippen molar-refractivity contribution in [1.82, 2.24) is 0 Å². The van der Waals surface area contributed by atoms with Gasteiger partial charge in [0.2, 0.25) is 0 Å². The van der Waals surface area contributed by atoms with Gasteiger partial charge in [-0.05, 0) is 22.4 Å². The maximum absolute atomic E-state index is 2.30. The molecule has 124 valence electrons. The predicted octanol–water partition coefficient (Wildman–Crippen LogP) is 6.80. The monoisotopic (exact) mass is 404 g/mol. The first-order valence-corrected chi connectivity index (χ1v) is 11.6. The molecule has 1 aliphatic carbocycles. The van der Waals surface area contributed by atoms with Crippen LogP contribution in [-0.4, -0.2) is 0 Å². The van der Waals surface area contributed by atoms with Gasteiger partial charge in [-0.1, -0.05) is 66.7 Å². The SMILES string of the molecule is C(c1ccccc1)=c1sc2sc3c4cccc5cccc(c=3sc=2s1)c54. The maximum atomic E-state index is 2.30. The second-order valence-corrected chi connectivity index (χ2v) is 11.1. The van der Waals surface area contributed by atoms with Crippen molar-refractivity contribution < 1.29 is 0 Å². The molecule has 0 N–H and O–H groups in total. The summed E-state index contributed by atoms with van der Waals surface area (Å²) in [4.78, 5) is 0. The van der Waals surface area contributed by atoms with E-state index < -0.39 is 0 Å². The molecule has 0 atom stereocenters. The smallest absolute Gasteiger partial charge is 0.109 e. The van der Waals surface area contributed by atoms with Crippen LogP contribution in [0.4, 0.5) is 0 Å². The van der Waals surface area contributed by atoms with E-state index >= 15 is 0 Å². The van der Waals surface area contributed by atoms with Gasteiger partial charge >= 0.3 is 0 Å². The van der Waals surface area contributed by atoms with Crippen LogP contribution in [0.5, 0.6) is 0 Å². The molecule has 0 aromatic heterocycles. The summed E-state index contributed by atoms with van der Waals surface area (Å²) in [6.45, 7) is 0. The molecule has 3 aromatic carbocycles. The van der Waals surface area contributed by atoms with Crippen molar-refractivity contribution in [2.45, 2.75) is 0 Å². The average molecular weight is 405 g/mol. The highest BCUT2D eigenvalue weighted by Gasteiger charge is 2.10. The van der Waals surface area contributed by atoms with Gasteiger partial charge in [-0.25, -0.2) is 0 Å². The number of hydrogen-bond acceptors (Lipinski definition) is 4. The quantitative estimate of drug-likeness (QED) is 0.283. The third kappa shape index (κ3) is 2.23. The lowest BCUT2D eigenvalue weighted by Crippen LogP contribution is -1.85. The predicted molar refractivity (Wildman–Crippen MR) is 118 cm³/mol. The molecule has 2 aliphatic heterocycles. The molecule has 0 fully saturated rings. The summed E-state index contributed by atoms with van der Waals surface area (Å²) in [5.41, 5.74) is 1.27. The summed E-state index contributed by atoms with van der Waals surface area (Å²) in [6, 6.07) is 24.0. The Morgan fingerprint density at radius 2 is 1.19 bits per heavy atom. The zero-order chi connectivity index (χ0) is 17.1. The van der Waals surface area contributed by atoms with Crippen molar-refractivity contribution >= 4 is 73.0 Å². The van der Waals surface area contributed by atoms with Crippen LogP contribution in [0, 0.1) is 16.8 Å². The van der Waals surface area contributed by atoms with E-state index in [9.17, 15) is 0 Å². The van der Waals surface area contributed by atoms with Gasteiger partial charge < -0.3 is 0 Å². The summed E-state index contributed by atoms with van der Waals surface area (Å²) in [6.07, 6.45) is 2.30. The Hall–Kier alpha value is -1.98. The van der Waals surface area contributed by atoms with Gasteiger partial charge in [-0.15, -0.1) is 45.3 Å². The fourth-order valence-electron chi connectivity index (χ4n) is 3.51. The van der Waals surface area contributed by atoms with Crippen molar-refractivity contribution in [3.63, 3.8) is 0 Å². The number of hydrogen-bond donors (Lipinski definition) is 0. The van der Waals surface area contributed by atoms with E-state index in [2.05, 4.69) is 72.8 Å². The normalized spacial score (nSPS) is 11.8. The zero-order valence-corrected chi connectivity index (χ0v) is 16.8. The molecule has 3 aliphatic rings. The molecular weight excluding hydrogens is 393 g/mol. The zero-order valence-electron chi connectivity index (χ0n) is 13.6. The Morgan fingerprint density at radius 3 is 1.81 bits per heavy atom. The van der Waals surface area contributed by atoms with Gasteiger partial charge in [0.25, 0.3) is 0 Å². The molecular formula is C22H12S4. The van der Waals surface area contributed by atoms with Crippen molar-refractivity contribution in [2.24, 2.45) is 0 Å². The van der Waals surface area contributed by atoms with E-state index in [0.29, 0.717) is 0 Å². The van der Waals surface area contributed by atoms with Crippen molar-refractivity contribution in [3.05, 3.63) is 92.9 Å². The summed E-state index contributed by atoms with van der Waals surface area (Å²) in [5, 5.41) is 5.59. The third-order valence-corrected chi connectivity index (χ3v) is 10.2. The minimum Gasteiger partial charge on any atom is -0.121 e. The van der Waals surface area contributed by atoms with Gasteiger partial charge in [-0.3, -0.25) is 0 Å². The molecule has 0 amide bonds. The van der Waals surface area contributed by atoms with E-state index in [-0.39, 0.29) is 0 Å². The highest BCUT2D eigenvalue weighted by molar-refractivity contribution is 7.37. The fourth-order valence-corrected chi connectivity index (χ4v) is 9.54. The average Bonchev–Trinajstić information content (AvgIpc) is 3.21. The molecule has 0 saturated carbocycles. The van der Waals surface area contributed by atoms with Crippen LogP contribution in [0.3, 0.4) is 0 Å². The van der Waals surface area contributed by atoms with Crippen molar-refractivity contribution in [3.8, 4) is 0 Å². The van der Waals surface area contributed by atoms with Crippen molar-refractivity contribution in [1.29, 1.82) is 0 Å². The number of fused-ring (bicyclic) bond motifs is 2.